The maximum atomic E-state index is 4.45. The summed E-state index contributed by atoms with van der Waals surface area (Å²) in [4.78, 5) is 8.70. The van der Waals surface area contributed by atoms with E-state index in [2.05, 4.69) is 22.2 Å². The van der Waals surface area contributed by atoms with Crippen molar-refractivity contribution >= 4 is 5.82 Å². The summed E-state index contributed by atoms with van der Waals surface area (Å²) in [6.45, 7) is 3.08. The van der Waals surface area contributed by atoms with Gasteiger partial charge in [-0.1, -0.05) is 6.92 Å². The first-order chi connectivity index (χ1) is 5.40. The lowest BCUT2D eigenvalue weighted by atomic mass is 10.3. The predicted octanol–water partition coefficient (Wildman–Crippen LogP) is 1.01. The van der Waals surface area contributed by atoms with Gasteiger partial charge >= 0.3 is 0 Å². The van der Waals surface area contributed by atoms with E-state index in [0.717, 1.165) is 36.6 Å². The van der Waals surface area contributed by atoms with Crippen molar-refractivity contribution in [1.29, 1.82) is 0 Å². The number of hydrogen-bond donors (Lipinski definition) is 1. The molecule has 0 bridgehead atoms. The fraction of sp³-hybridized carbons (Fsp3) is 0.500. The van der Waals surface area contributed by atoms with Crippen molar-refractivity contribution < 1.29 is 0 Å². The molecule has 0 fully saturated rings. The highest BCUT2D eigenvalue weighted by Crippen LogP contribution is 2.16. The number of fused-ring (bicyclic) bond motifs is 1. The minimum absolute atomic E-state index is 0.972. The van der Waals surface area contributed by atoms with Gasteiger partial charge in [0, 0.05) is 13.0 Å². The fourth-order valence-corrected chi connectivity index (χ4v) is 1.26. The summed E-state index contributed by atoms with van der Waals surface area (Å²) in [5.41, 5.74) is 2.22. The molecule has 1 aromatic rings. The molecule has 1 aromatic heterocycles. The number of nitrogens with zero attached hydrogens (tertiary/aromatic N) is 2. The quantitative estimate of drug-likeness (QED) is 0.647. The molecule has 0 aliphatic carbocycles. The van der Waals surface area contributed by atoms with E-state index in [9.17, 15) is 0 Å². The molecule has 0 atom stereocenters. The first-order valence-electron chi connectivity index (χ1n) is 3.99. The van der Waals surface area contributed by atoms with Gasteiger partial charge < -0.3 is 5.32 Å². The van der Waals surface area contributed by atoms with Gasteiger partial charge in [-0.3, -0.25) is 4.98 Å². The Kier molecular flexibility index (Phi) is 1.49. The highest BCUT2D eigenvalue weighted by Gasteiger charge is 2.11. The van der Waals surface area contributed by atoms with Gasteiger partial charge in [0.1, 0.15) is 5.82 Å². The first-order valence-corrected chi connectivity index (χ1v) is 3.99. The van der Waals surface area contributed by atoms with Crippen LogP contribution in [0.3, 0.4) is 0 Å². The molecule has 0 saturated carbocycles. The molecule has 11 heavy (non-hydrogen) atoms. The lowest BCUT2D eigenvalue weighted by molar-refractivity contribution is 0.952. The van der Waals surface area contributed by atoms with Crippen molar-refractivity contribution in [3.05, 3.63) is 17.6 Å². The number of hydrogen-bond acceptors (Lipinski definition) is 3. The zero-order chi connectivity index (χ0) is 7.68. The second kappa shape index (κ2) is 2.49. The van der Waals surface area contributed by atoms with Gasteiger partial charge in [0.05, 0.1) is 17.6 Å². The maximum absolute atomic E-state index is 4.45. The Bertz CT molecular complexity index is 270. The molecule has 2 rings (SSSR count). The van der Waals surface area contributed by atoms with Crippen LogP contribution in [0.15, 0.2) is 6.20 Å². The van der Waals surface area contributed by atoms with Crippen LogP contribution in [0.5, 0.6) is 0 Å². The molecule has 0 aromatic carbocycles. The molecule has 0 saturated heterocycles. The Morgan fingerprint density at radius 1 is 1.64 bits per heavy atom. The minimum Gasteiger partial charge on any atom is -0.368 e. The van der Waals surface area contributed by atoms with Crippen LogP contribution >= 0.6 is 0 Å². The predicted molar refractivity (Wildman–Crippen MR) is 43.6 cm³/mol. The van der Waals surface area contributed by atoms with E-state index < -0.39 is 0 Å². The summed E-state index contributed by atoms with van der Waals surface area (Å²) >= 11 is 0. The van der Waals surface area contributed by atoms with Crippen LogP contribution in [-0.2, 0) is 12.8 Å². The van der Waals surface area contributed by atoms with E-state index in [-0.39, 0.29) is 0 Å². The number of nitrogens with one attached hydrogen (secondary N) is 1. The Morgan fingerprint density at radius 2 is 2.55 bits per heavy atom. The lowest BCUT2D eigenvalue weighted by Gasteiger charge is -1.98. The summed E-state index contributed by atoms with van der Waals surface area (Å²) in [6.07, 6.45) is 3.84. The third kappa shape index (κ3) is 1.06. The summed E-state index contributed by atoms with van der Waals surface area (Å²) < 4.78 is 0. The molecule has 1 aliphatic rings. The van der Waals surface area contributed by atoms with E-state index in [1.165, 1.54) is 0 Å². The molecular formula is C8H11N3. The first kappa shape index (κ1) is 6.58. The summed E-state index contributed by atoms with van der Waals surface area (Å²) in [6, 6.07) is 0. The second-order valence-electron chi connectivity index (χ2n) is 2.69. The van der Waals surface area contributed by atoms with Crippen LogP contribution in [0.1, 0.15) is 18.3 Å². The van der Waals surface area contributed by atoms with Crippen LogP contribution in [0.4, 0.5) is 5.82 Å². The van der Waals surface area contributed by atoms with Crippen molar-refractivity contribution in [3.8, 4) is 0 Å². The number of aromatic nitrogens is 2. The maximum Gasteiger partial charge on any atom is 0.147 e. The van der Waals surface area contributed by atoms with Crippen LogP contribution in [0.25, 0.3) is 0 Å². The molecule has 3 heteroatoms. The van der Waals surface area contributed by atoms with Crippen molar-refractivity contribution in [2.75, 3.05) is 11.9 Å². The summed E-state index contributed by atoms with van der Waals surface area (Å²) in [5, 5.41) is 3.18. The van der Waals surface area contributed by atoms with Crippen LogP contribution in [-0.4, -0.2) is 16.5 Å². The highest BCUT2D eigenvalue weighted by atomic mass is 15.0. The van der Waals surface area contributed by atoms with E-state index in [1.807, 2.05) is 6.20 Å². The van der Waals surface area contributed by atoms with Gasteiger partial charge in [0.25, 0.3) is 0 Å². The fourth-order valence-electron chi connectivity index (χ4n) is 1.26. The monoisotopic (exact) mass is 149 g/mol. The average Bonchev–Trinajstić information content (AvgIpc) is 2.50. The van der Waals surface area contributed by atoms with E-state index in [1.54, 1.807) is 0 Å². The molecular weight excluding hydrogens is 138 g/mol. The minimum atomic E-state index is 0.972. The van der Waals surface area contributed by atoms with Crippen molar-refractivity contribution in [1.82, 2.24) is 9.97 Å². The van der Waals surface area contributed by atoms with Gasteiger partial charge in [-0.05, 0) is 6.42 Å². The standard InChI is InChI=1S/C8H11N3/c1-2-6-5-10-8-7(11-6)3-4-9-8/h5H,2-4H2,1H3,(H,9,10). The molecule has 2 heterocycles. The molecule has 3 nitrogen and oxygen atoms in total. The van der Waals surface area contributed by atoms with Crippen LogP contribution in [0.2, 0.25) is 0 Å². The Morgan fingerprint density at radius 3 is 3.36 bits per heavy atom. The third-order valence-corrected chi connectivity index (χ3v) is 1.91. The number of rotatable bonds is 1. The van der Waals surface area contributed by atoms with Gasteiger partial charge in [-0.2, -0.15) is 0 Å². The van der Waals surface area contributed by atoms with E-state index in [4.69, 9.17) is 0 Å². The number of anilines is 1. The zero-order valence-electron chi connectivity index (χ0n) is 6.59. The largest absolute Gasteiger partial charge is 0.368 e. The number of aryl methyl sites for hydroxylation is 1. The van der Waals surface area contributed by atoms with Crippen molar-refractivity contribution in [2.24, 2.45) is 0 Å². The zero-order valence-corrected chi connectivity index (χ0v) is 6.59. The molecule has 0 spiro atoms. The van der Waals surface area contributed by atoms with Crippen molar-refractivity contribution in [3.63, 3.8) is 0 Å². The normalized spacial score (nSPS) is 14.3. The molecule has 1 N–H and O–H groups in total. The van der Waals surface area contributed by atoms with E-state index in [0.29, 0.717) is 0 Å². The van der Waals surface area contributed by atoms with Crippen LogP contribution in [0, 0.1) is 0 Å². The molecule has 0 unspecified atom stereocenters. The summed E-state index contributed by atoms with van der Waals surface area (Å²) in [5.74, 6) is 0.974. The van der Waals surface area contributed by atoms with Gasteiger partial charge in [0.2, 0.25) is 0 Å². The highest BCUT2D eigenvalue weighted by molar-refractivity contribution is 5.44. The Labute approximate surface area is 65.9 Å². The topological polar surface area (TPSA) is 37.8 Å². The molecule has 0 radical (unpaired) electrons. The third-order valence-electron chi connectivity index (χ3n) is 1.91. The van der Waals surface area contributed by atoms with Gasteiger partial charge in [-0.15, -0.1) is 0 Å². The SMILES string of the molecule is CCc1cnc2c(n1)CCN2. The smallest absolute Gasteiger partial charge is 0.147 e. The Hall–Kier alpha value is -1.12. The second-order valence-corrected chi connectivity index (χ2v) is 2.69. The average molecular weight is 149 g/mol. The molecule has 58 valence electrons. The van der Waals surface area contributed by atoms with Gasteiger partial charge in [0.15, 0.2) is 0 Å². The van der Waals surface area contributed by atoms with Crippen LogP contribution < -0.4 is 5.32 Å². The molecule has 0 amide bonds. The summed E-state index contributed by atoms with van der Waals surface area (Å²) in [7, 11) is 0. The Balaban J connectivity index is 2.41. The van der Waals surface area contributed by atoms with Gasteiger partial charge in [-0.25, -0.2) is 4.98 Å². The van der Waals surface area contributed by atoms with E-state index >= 15 is 0 Å². The lowest BCUT2D eigenvalue weighted by Crippen LogP contribution is -1.95. The molecule has 1 aliphatic heterocycles. The van der Waals surface area contributed by atoms with Crippen molar-refractivity contribution in [2.45, 2.75) is 19.8 Å².